The molecule has 0 amide bonds. The van der Waals surface area contributed by atoms with Gasteiger partial charge < -0.3 is 19.2 Å². The fourth-order valence-corrected chi connectivity index (χ4v) is 3.69. The van der Waals surface area contributed by atoms with E-state index in [0.29, 0.717) is 63.7 Å². The van der Waals surface area contributed by atoms with Crippen molar-refractivity contribution in [1.82, 2.24) is 9.96 Å². The summed E-state index contributed by atoms with van der Waals surface area (Å²) in [4.78, 5) is 21.7. The van der Waals surface area contributed by atoms with E-state index < -0.39 is 11.8 Å². The molecule has 2 heterocycles. The molecule has 7 nitrogen and oxygen atoms in total. The average Bonchev–Trinajstić information content (AvgIpc) is 2.70. The Bertz CT molecular complexity index is 792. The minimum Gasteiger partial charge on any atom is -0.405 e. The van der Waals surface area contributed by atoms with Crippen LogP contribution in [0.1, 0.15) is 33.3 Å². The lowest BCUT2D eigenvalue weighted by Gasteiger charge is -2.39. The van der Waals surface area contributed by atoms with Crippen LogP contribution in [0.25, 0.3) is 0 Å². The molecule has 10 heteroatoms. The van der Waals surface area contributed by atoms with Gasteiger partial charge in [0.1, 0.15) is 5.75 Å². The first kappa shape index (κ1) is 24.6. The van der Waals surface area contributed by atoms with Gasteiger partial charge in [-0.1, -0.05) is 6.07 Å². The van der Waals surface area contributed by atoms with Crippen LogP contribution >= 0.6 is 0 Å². The first-order valence-electron chi connectivity index (χ1n) is 10.8. The summed E-state index contributed by atoms with van der Waals surface area (Å²) in [6.45, 7) is 11.5. The van der Waals surface area contributed by atoms with Crippen LogP contribution in [-0.2, 0) is 20.9 Å². The fraction of sp³-hybridized carbons (Fsp3) is 0.682. The van der Waals surface area contributed by atoms with Crippen LogP contribution < -0.4 is 9.64 Å². The zero-order chi connectivity index (χ0) is 23.5. The highest BCUT2D eigenvalue weighted by atomic mass is 19.4. The van der Waals surface area contributed by atoms with Crippen LogP contribution in [0, 0.1) is 5.41 Å². The third-order valence-corrected chi connectivity index (χ3v) is 5.51. The minimum atomic E-state index is -4.77. The number of alkyl halides is 3. The summed E-state index contributed by atoms with van der Waals surface area (Å²) in [5.74, 6) is -0.493. The lowest BCUT2D eigenvalue weighted by molar-refractivity contribution is -0.275. The standard InChI is InChI=1S/C22H32F3N3O4/c1-16-14-26(7-8-28(16)32-20(29)21(2,3)4)15-17-5-6-18(27-9-11-30-12-10-27)13-19(17)31-22(23,24)25/h5-6,13,16H,7-12,14-15H2,1-4H3/t16-/m1/s1. The maximum absolute atomic E-state index is 13.1. The van der Waals surface area contributed by atoms with Gasteiger partial charge in [-0.2, -0.15) is 0 Å². The van der Waals surface area contributed by atoms with E-state index in [1.165, 1.54) is 6.07 Å². The number of anilines is 1. The number of hydrogen-bond acceptors (Lipinski definition) is 7. The molecule has 0 aliphatic carbocycles. The summed E-state index contributed by atoms with van der Waals surface area (Å²) in [5, 5.41) is 1.65. The van der Waals surface area contributed by atoms with Crippen molar-refractivity contribution in [2.45, 2.75) is 46.6 Å². The van der Waals surface area contributed by atoms with E-state index in [-0.39, 0.29) is 17.8 Å². The number of hydroxylamine groups is 2. The molecule has 0 N–H and O–H groups in total. The van der Waals surface area contributed by atoms with Crippen molar-refractivity contribution in [3.63, 3.8) is 0 Å². The van der Waals surface area contributed by atoms with Gasteiger partial charge in [0.2, 0.25) is 0 Å². The topological polar surface area (TPSA) is 54.5 Å². The van der Waals surface area contributed by atoms with Gasteiger partial charge in [-0.05, 0) is 33.8 Å². The number of carbonyl (C=O) groups is 1. The molecule has 1 aromatic carbocycles. The predicted octanol–water partition coefficient (Wildman–Crippen LogP) is 3.43. The van der Waals surface area contributed by atoms with Crippen LogP contribution in [-0.4, -0.2) is 74.3 Å². The van der Waals surface area contributed by atoms with E-state index in [2.05, 4.69) is 4.74 Å². The molecule has 1 atom stereocenters. The molecule has 0 saturated carbocycles. The lowest BCUT2D eigenvalue weighted by Crippen LogP contribution is -2.52. The molecular weight excluding hydrogens is 427 g/mol. The van der Waals surface area contributed by atoms with Crippen molar-refractivity contribution in [2.75, 3.05) is 50.8 Å². The Morgan fingerprint density at radius 1 is 1.12 bits per heavy atom. The first-order chi connectivity index (χ1) is 14.9. The van der Waals surface area contributed by atoms with E-state index in [1.54, 1.807) is 31.9 Å². The van der Waals surface area contributed by atoms with Crippen molar-refractivity contribution >= 4 is 11.7 Å². The third-order valence-electron chi connectivity index (χ3n) is 5.51. The van der Waals surface area contributed by atoms with Crippen LogP contribution in [0.3, 0.4) is 0 Å². The second kappa shape index (κ2) is 9.84. The molecule has 0 bridgehead atoms. The maximum atomic E-state index is 13.1. The van der Waals surface area contributed by atoms with Gasteiger partial charge >= 0.3 is 12.3 Å². The Hall–Kier alpha value is -2.04. The van der Waals surface area contributed by atoms with Crippen LogP contribution in [0.2, 0.25) is 0 Å². The molecule has 0 unspecified atom stereocenters. The Kier molecular flexibility index (Phi) is 7.57. The summed E-state index contributed by atoms with van der Waals surface area (Å²) < 4.78 is 48.9. The largest absolute Gasteiger partial charge is 0.573 e. The summed E-state index contributed by atoms with van der Waals surface area (Å²) >= 11 is 0. The second-order valence-electron chi connectivity index (χ2n) is 9.29. The second-order valence-corrected chi connectivity index (χ2v) is 9.29. The molecule has 32 heavy (non-hydrogen) atoms. The van der Waals surface area contributed by atoms with E-state index in [9.17, 15) is 18.0 Å². The first-order valence-corrected chi connectivity index (χ1v) is 10.8. The lowest BCUT2D eigenvalue weighted by atomic mass is 9.98. The summed E-state index contributed by atoms with van der Waals surface area (Å²) in [5.41, 5.74) is 0.540. The summed E-state index contributed by atoms with van der Waals surface area (Å²) in [6, 6.07) is 4.89. The number of ether oxygens (including phenoxy) is 2. The van der Waals surface area contributed by atoms with Crippen molar-refractivity contribution in [3.05, 3.63) is 23.8 Å². The highest BCUT2D eigenvalue weighted by Crippen LogP contribution is 2.32. The van der Waals surface area contributed by atoms with Gasteiger partial charge in [0, 0.05) is 56.6 Å². The van der Waals surface area contributed by atoms with Gasteiger partial charge in [-0.25, -0.2) is 4.79 Å². The molecule has 2 saturated heterocycles. The molecular formula is C22H32F3N3O4. The molecule has 0 spiro atoms. The van der Waals surface area contributed by atoms with Gasteiger partial charge in [0.15, 0.2) is 0 Å². The van der Waals surface area contributed by atoms with Gasteiger partial charge in [-0.3, -0.25) is 4.90 Å². The minimum absolute atomic E-state index is 0.0883. The number of hydrogen-bond donors (Lipinski definition) is 0. The van der Waals surface area contributed by atoms with Gasteiger partial charge in [0.05, 0.1) is 24.7 Å². The number of morpholine rings is 1. The highest BCUT2D eigenvalue weighted by Gasteiger charge is 2.34. The number of halogens is 3. The van der Waals surface area contributed by atoms with Crippen LogP contribution in [0.5, 0.6) is 5.75 Å². The normalized spacial score (nSPS) is 21.5. The summed E-state index contributed by atoms with van der Waals surface area (Å²) in [6.07, 6.45) is -4.77. The molecule has 2 aliphatic rings. The molecule has 180 valence electrons. The summed E-state index contributed by atoms with van der Waals surface area (Å²) in [7, 11) is 0. The van der Waals surface area contributed by atoms with E-state index in [0.717, 1.165) is 0 Å². The molecule has 2 fully saturated rings. The molecule has 1 aromatic rings. The van der Waals surface area contributed by atoms with Gasteiger partial charge in [-0.15, -0.1) is 18.2 Å². The quantitative estimate of drug-likeness (QED) is 0.669. The fourth-order valence-electron chi connectivity index (χ4n) is 3.69. The Morgan fingerprint density at radius 3 is 2.41 bits per heavy atom. The van der Waals surface area contributed by atoms with Crippen molar-refractivity contribution in [1.29, 1.82) is 0 Å². The van der Waals surface area contributed by atoms with E-state index >= 15 is 0 Å². The third kappa shape index (κ3) is 6.73. The number of piperazine rings is 1. The number of carbonyl (C=O) groups excluding carboxylic acids is 1. The molecule has 3 rings (SSSR count). The maximum Gasteiger partial charge on any atom is 0.573 e. The zero-order valence-electron chi connectivity index (χ0n) is 19.1. The van der Waals surface area contributed by atoms with Crippen molar-refractivity contribution in [2.24, 2.45) is 5.41 Å². The average molecular weight is 460 g/mol. The van der Waals surface area contributed by atoms with Crippen molar-refractivity contribution < 1.29 is 32.3 Å². The van der Waals surface area contributed by atoms with Gasteiger partial charge in [0.25, 0.3) is 0 Å². The molecule has 0 radical (unpaired) electrons. The number of nitrogens with zero attached hydrogens (tertiary/aromatic N) is 3. The van der Waals surface area contributed by atoms with Crippen LogP contribution in [0.15, 0.2) is 18.2 Å². The van der Waals surface area contributed by atoms with E-state index in [4.69, 9.17) is 9.57 Å². The molecule has 2 aliphatic heterocycles. The van der Waals surface area contributed by atoms with E-state index in [1.807, 2.05) is 22.8 Å². The zero-order valence-corrected chi connectivity index (χ0v) is 19.1. The highest BCUT2D eigenvalue weighted by molar-refractivity contribution is 5.75. The Labute approximate surface area is 186 Å². The van der Waals surface area contributed by atoms with Crippen LogP contribution in [0.4, 0.5) is 18.9 Å². The molecule has 0 aromatic heterocycles. The smallest absolute Gasteiger partial charge is 0.405 e. The number of rotatable bonds is 5. The Morgan fingerprint density at radius 2 is 1.81 bits per heavy atom. The van der Waals surface area contributed by atoms with Crippen molar-refractivity contribution in [3.8, 4) is 5.75 Å². The predicted molar refractivity (Wildman–Crippen MR) is 113 cm³/mol. The monoisotopic (exact) mass is 459 g/mol. The Balaban J connectivity index is 1.69. The SMILES string of the molecule is C[C@@H]1CN(Cc2ccc(N3CCOCC3)cc2OC(F)(F)F)CCN1OC(=O)C(C)(C)C. The number of benzene rings is 1.